The minimum atomic E-state index is -4.42. The second-order valence-electron chi connectivity index (χ2n) is 7.00. The van der Waals surface area contributed by atoms with E-state index in [9.17, 15) is 22.8 Å². The number of benzene rings is 1. The first-order valence-corrected chi connectivity index (χ1v) is 9.40. The van der Waals surface area contributed by atoms with E-state index in [2.05, 4.69) is 17.2 Å². The largest absolute Gasteiger partial charge is 0.416 e. The minimum absolute atomic E-state index is 0.000604. The summed E-state index contributed by atoms with van der Waals surface area (Å²) in [4.78, 5) is 30.3. The highest BCUT2D eigenvalue weighted by Gasteiger charge is 2.32. The highest BCUT2D eigenvalue weighted by Crippen LogP contribution is 2.29. The fourth-order valence-electron chi connectivity index (χ4n) is 3.40. The van der Waals surface area contributed by atoms with Crippen molar-refractivity contribution in [1.82, 2.24) is 20.0 Å². The molecular formula is C19H24F3N5O2. The van der Waals surface area contributed by atoms with Crippen LogP contribution in [-0.4, -0.2) is 78.5 Å². The van der Waals surface area contributed by atoms with Gasteiger partial charge in [-0.2, -0.15) is 13.2 Å². The summed E-state index contributed by atoms with van der Waals surface area (Å²) in [5, 5.41) is 5.81. The van der Waals surface area contributed by atoms with Crippen molar-refractivity contribution in [2.24, 2.45) is 0 Å². The second-order valence-corrected chi connectivity index (χ2v) is 7.00. The molecule has 0 spiro atoms. The molecule has 3 rings (SSSR count). The average molecular weight is 411 g/mol. The average Bonchev–Trinajstić information content (AvgIpc) is 2.73. The van der Waals surface area contributed by atoms with Crippen molar-refractivity contribution in [3.8, 4) is 0 Å². The Hall–Kier alpha value is -2.75. The highest BCUT2D eigenvalue weighted by atomic mass is 19.4. The van der Waals surface area contributed by atoms with E-state index in [1.807, 2.05) is 4.90 Å². The summed E-state index contributed by atoms with van der Waals surface area (Å²) in [7, 11) is 0. The molecule has 0 saturated carbocycles. The molecular weight excluding hydrogens is 387 g/mol. The van der Waals surface area contributed by atoms with Crippen LogP contribution in [0.15, 0.2) is 37.0 Å². The smallest absolute Gasteiger partial charge is 0.375 e. The highest BCUT2D eigenvalue weighted by molar-refractivity contribution is 5.89. The van der Waals surface area contributed by atoms with E-state index in [-0.39, 0.29) is 17.6 Å². The Morgan fingerprint density at radius 2 is 1.69 bits per heavy atom. The Labute approximate surface area is 167 Å². The third-order valence-electron chi connectivity index (χ3n) is 5.11. The molecule has 2 aliphatic heterocycles. The van der Waals surface area contributed by atoms with E-state index >= 15 is 0 Å². The number of urea groups is 1. The van der Waals surface area contributed by atoms with Gasteiger partial charge in [0, 0.05) is 51.5 Å². The van der Waals surface area contributed by atoms with Crippen molar-refractivity contribution in [3.63, 3.8) is 0 Å². The molecule has 2 fully saturated rings. The van der Waals surface area contributed by atoms with Crippen LogP contribution in [0.3, 0.4) is 0 Å². The Morgan fingerprint density at radius 1 is 1.07 bits per heavy atom. The number of hydrogen-bond acceptors (Lipinski definition) is 4. The Bertz CT molecular complexity index is 745. The number of carbonyl (C=O) groups is 2. The van der Waals surface area contributed by atoms with Crippen LogP contribution in [0.2, 0.25) is 0 Å². The summed E-state index contributed by atoms with van der Waals surface area (Å²) in [6.07, 6.45) is -2.69. The van der Waals surface area contributed by atoms with Gasteiger partial charge in [0.05, 0.1) is 5.56 Å². The van der Waals surface area contributed by atoms with Crippen molar-refractivity contribution < 1.29 is 22.8 Å². The lowest BCUT2D eigenvalue weighted by Crippen LogP contribution is -2.60. The summed E-state index contributed by atoms with van der Waals surface area (Å²) < 4.78 is 37.8. The maximum atomic E-state index is 12.7. The summed E-state index contributed by atoms with van der Waals surface area (Å²) >= 11 is 0. The molecule has 0 radical (unpaired) electrons. The van der Waals surface area contributed by atoms with Gasteiger partial charge in [-0.05, 0) is 30.5 Å². The lowest BCUT2D eigenvalue weighted by atomic mass is 10.1. The predicted molar refractivity (Wildman–Crippen MR) is 102 cm³/mol. The van der Waals surface area contributed by atoms with Gasteiger partial charge >= 0.3 is 12.2 Å². The molecule has 1 aromatic rings. The van der Waals surface area contributed by atoms with Gasteiger partial charge in [-0.1, -0.05) is 6.58 Å². The van der Waals surface area contributed by atoms with Crippen LogP contribution < -0.4 is 10.6 Å². The SMILES string of the molecule is C=CN1CCN[C@@H](C(=O)N2CCN(C(=O)Nc3ccc(C(F)(F)F)cc3)CC2)C1. The first-order chi connectivity index (χ1) is 13.8. The lowest BCUT2D eigenvalue weighted by molar-refractivity contribution is -0.137. The van der Waals surface area contributed by atoms with Gasteiger partial charge in [-0.3, -0.25) is 4.79 Å². The van der Waals surface area contributed by atoms with Crippen molar-refractivity contribution in [2.75, 3.05) is 51.1 Å². The Balaban J connectivity index is 1.49. The molecule has 0 unspecified atom stereocenters. The molecule has 1 aromatic carbocycles. The van der Waals surface area contributed by atoms with Crippen LogP contribution in [0.5, 0.6) is 0 Å². The van der Waals surface area contributed by atoms with Gasteiger partial charge in [0.25, 0.3) is 0 Å². The number of rotatable bonds is 3. The maximum Gasteiger partial charge on any atom is 0.416 e. The van der Waals surface area contributed by atoms with Crippen molar-refractivity contribution in [3.05, 3.63) is 42.6 Å². The third-order valence-corrected chi connectivity index (χ3v) is 5.11. The van der Waals surface area contributed by atoms with E-state index < -0.39 is 17.8 Å². The number of halogens is 3. The van der Waals surface area contributed by atoms with Crippen molar-refractivity contribution in [1.29, 1.82) is 0 Å². The number of piperazine rings is 2. The molecule has 2 heterocycles. The molecule has 10 heteroatoms. The molecule has 0 aromatic heterocycles. The maximum absolute atomic E-state index is 12.7. The molecule has 0 bridgehead atoms. The van der Waals surface area contributed by atoms with Gasteiger partial charge in [-0.25, -0.2) is 4.79 Å². The molecule has 3 amide bonds. The standard InChI is InChI=1S/C19H24F3N5O2/c1-2-25-8-7-23-16(13-25)17(28)26-9-11-27(12-10-26)18(29)24-15-5-3-14(4-6-15)19(20,21)22/h2-6,16,23H,1,7-13H2,(H,24,29)/t16-/m1/s1. The van der Waals surface area contributed by atoms with E-state index in [0.717, 1.165) is 18.7 Å². The molecule has 2 saturated heterocycles. The van der Waals surface area contributed by atoms with E-state index in [4.69, 9.17) is 0 Å². The van der Waals surface area contributed by atoms with Crippen LogP contribution >= 0.6 is 0 Å². The summed E-state index contributed by atoms with van der Waals surface area (Å²) in [5.41, 5.74) is -0.480. The minimum Gasteiger partial charge on any atom is -0.375 e. The first kappa shape index (κ1) is 21.0. The van der Waals surface area contributed by atoms with Gasteiger partial charge in [0.15, 0.2) is 0 Å². The van der Waals surface area contributed by atoms with Crippen molar-refractivity contribution >= 4 is 17.6 Å². The number of hydrogen-bond donors (Lipinski definition) is 2. The predicted octanol–water partition coefficient (Wildman–Crippen LogP) is 1.80. The zero-order valence-electron chi connectivity index (χ0n) is 15.9. The quantitative estimate of drug-likeness (QED) is 0.796. The van der Waals surface area contributed by atoms with Crippen LogP contribution in [0, 0.1) is 0 Å². The zero-order valence-corrected chi connectivity index (χ0v) is 15.9. The summed E-state index contributed by atoms with van der Waals surface area (Å²) in [6, 6.07) is 3.60. The molecule has 2 N–H and O–H groups in total. The van der Waals surface area contributed by atoms with E-state index in [0.29, 0.717) is 39.3 Å². The van der Waals surface area contributed by atoms with Crippen LogP contribution in [0.25, 0.3) is 0 Å². The van der Waals surface area contributed by atoms with E-state index in [1.54, 1.807) is 16.0 Å². The van der Waals surface area contributed by atoms with Crippen LogP contribution in [0.4, 0.5) is 23.7 Å². The Kier molecular flexibility index (Phi) is 6.31. The number of carbonyl (C=O) groups excluding carboxylic acids is 2. The van der Waals surface area contributed by atoms with E-state index in [1.165, 1.54) is 12.1 Å². The third kappa shape index (κ3) is 5.20. The molecule has 158 valence electrons. The molecule has 2 aliphatic rings. The summed E-state index contributed by atoms with van der Waals surface area (Å²) in [6.45, 7) is 7.35. The van der Waals surface area contributed by atoms with Gasteiger partial charge in [0.2, 0.25) is 5.91 Å². The zero-order chi connectivity index (χ0) is 21.0. The monoisotopic (exact) mass is 411 g/mol. The Morgan fingerprint density at radius 3 is 2.28 bits per heavy atom. The number of amides is 3. The van der Waals surface area contributed by atoms with Gasteiger partial charge < -0.3 is 25.3 Å². The summed E-state index contributed by atoms with van der Waals surface area (Å²) in [5.74, 6) is -0.000604. The topological polar surface area (TPSA) is 67.9 Å². The van der Waals surface area contributed by atoms with Crippen LogP contribution in [0.1, 0.15) is 5.56 Å². The van der Waals surface area contributed by atoms with Crippen molar-refractivity contribution in [2.45, 2.75) is 12.2 Å². The molecule has 1 atom stereocenters. The first-order valence-electron chi connectivity index (χ1n) is 9.40. The fourth-order valence-corrected chi connectivity index (χ4v) is 3.40. The van der Waals surface area contributed by atoms with Gasteiger partial charge in [0.1, 0.15) is 6.04 Å². The number of anilines is 1. The van der Waals surface area contributed by atoms with Crippen LogP contribution in [-0.2, 0) is 11.0 Å². The number of nitrogens with one attached hydrogen (secondary N) is 2. The molecule has 7 nitrogen and oxygen atoms in total. The number of alkyl halides is 3. The molecule has 29 heavy (non-hydrogen) atoms. The second kappa shape index (κ2) is 8.73. The fraction of sp³-hybridized carbons (Fsp3) is 0.474. The van der Waals surface area contributed by atoms with Gasteiger partial charge in [-0.15, -0.1) is 0 Å². The lowest BCUT2D eigenvalue weighted by Gasteiger charge is -2.39. The normalized spacial score (nSPS) is 20.4. The molecule has 0 aliphatic carbocycles. The number of nitrogens with zero attached hydrogens (tertiary/aromatic N) is 3.